The number of esters is 1. The fraction of sp³-hybridized carbons (Fsp3) is 0.292. The molecule has 1 fully saturated rings. The normalized spacial score (nSPS) is 15.9. The number of anilines is 1. The summed E-state index contributed by atoms with van der Waals surface area (Å²) >= 11 is 6.05. The zero-order chi connectivity index (χ0) is 22.1. The number of carbonyl (C=O) groups is 1. The van der Waals surface area contributed by atoms with Crippen LogP contribution in [0.15, 0.2) is 59.3 Å². The number of fused-ring (bicyclic) bond motifs is 3. The van der Waals surface area contributed by atoms with Gasteiger partial charge in [-0.05, 0) is 36.8 Å². The van der Waals surface area contributed by atoms with Crippen molar-refractivity contribution in [1.82, 2.24) is 14.9 Å². The van der Waals surface area contributed by atoms with E-state index in [9.17, 15) is 4.79 Å². The molecule has 0 unspecified atom stereocenters. The van der Waals surface area contributed by atoms with E-state index in [2.05, 4.69) is 19.8 Å². The number of ether oxygens (including phenoxy) is 1. The number of halogens is 1. The van der Waals surface area contributed by atoms with Crippen LogP contribution in [-0.2, 0) is 9.53 Å². The first kappa shape index (κ1) is 20.7. The van der Waals surface area contributed by atoms with Gasteiger partial charge in [0.15, 0.2) is 11.4 Å². The Labute approximate surface area is 190 Å². The van der Waals surface area contributed by atoms with Gasteiger partial charge in [-0.25, -0.2) is 14.8 Å². The SMILES string of the molecule is CCOC(=O)[C@@H](c1ccc(Cl)cc1)N1CCN(c2ncnc3c2oc2ccccc23)CC1. The molecule has 1 atom stereocenters. The molecule has 8 heteroatoms. The van der Waals surface area contributed by atoms with Crippen LogP contribution in [0, 0.1) is 0 Å². The van der Waals surface area contributed by atoms with E-state index < -0.39 is 6.04 Å². The average Bonchev–Trinajstić information content (AvgIpc) is 3.20. The van der Waals surface area contributed by atoms with Gasteiger partial charge in [0, 0.05) is 36.6 Å². The molecule has 1 aliphatic heterocycles. The quantitative estimate of drug-likeness (QED) is 0.416. The fourth-order valence-corrected chi connectivity index (χ4v) is 4.42. The molecular formula is C24H23ClN4O3. The van der Waals surface area contributed by atoms with Gasteiger partial charge in [0.1, 0.15) is 23.5 Å². The van der Waals surface area contributed by atoms with Crippen LogP contribution in [0.5, 0.6) is 0 Å². The van der Waals surface area contributed by atoms with Crippen LogP contribution in [0.1, 0.15) is 18.5 Å². The highest BCUT2D eigenvalue weighted by Gasteiger charge is 2.32. The third kappa shape index (κ3) is 3.78. The maximum atomic E-state index is 12.8. The van der Waals surface area contributed by atoms with Gasteiger partial charge in [-0.1, -0.05) is 35.9 Å². The first-order chi connectivity index (χ1) is 15.7. The predicted octanol–water partition coefficient (Wildman–Crippen LogP) is 4.46. The maximum Gasteiger partial charge on any atom is 0.328 e. The molecule has 0 N–H and O–H groups in total. The summed E-state index contributed by atoms with van der Waals surface area (Å²) in [5, 5.41) is 1.62. The van der Waals surface area contributed by atoms with E-state index in [1.54, 1.807) is 18.5 Å². The molecule has 164 valence electrons. The van der Waals surface area contributed by atoms with Crippen molar-refractivity contribution < 1.29 is 13.9 Å². The molecule has 0 saturated carbocycles. The van der Waals surface area contributed by atoms with Crippen LogP contribution >= 0.6 is 11.6 Å². The standard InChI is InChI=1S/C24H23ClN4O3/c1-2-31-24(30)21(16-7-9-17(25)10-8-16)28-11-13-29(14-12-28)23-22-20(26-15-27-23)18-5-3-4-6-19(18)32-22/h3-10,15,21H,2,11-14H2,1H3/t21-/m1/s1. The molecule has 5 rings (SSSR count). The van der Waals surface area contributed by atoms with Gasteiger partial charge in [0.25, 0.3) is 0 Å². The first-order valence-electron chi connectivity index (χ1n) is 10.7. The van der Waals surface area contributed by atoms with Gasteiger partial charge in [0.05, 0.1) is 6.61 Å². The Morgan fingerprint density at radius 3 is 2.59 bits per heavy atom. The number of nitrogens with zero attached hydrogens (tertiary/aromatic N) is 4. The number of hydrogen-bond donors (Lipinski definition) is 0. The number of piperazine rings is 1. The third-order valence-corrected chi connectivity index (χ3v) is 6.07. The van der Waals surface area contributed by atoms with E-state index >= 15 is 0 Å². The molecule has 0 radical (unpaired) electrons. The third-order valence-electron chi connectivity index (χ3n) is 5.81. The molecule has 0 amide bonds. The first-order valence-corrected chi connectivity index (χ1v) is 11.1. The number of para-hydroxylation sites is 1. The Balaban J connectivity index is 1.40. The molecule has 0 bridgehead atoms. The topological polar surface area (TPSA) is 71.7 Å². The lowest BCUT2D eigenvalue weighted by atomic mass is 10.0. The number of aromatic nitrogens is 2. The molecule has 4 aromatic rings. The Kier molecular flexibility index (Phi) is 5.68. The van der Waals surface area contributed by atoms with Crippen molar-refractivity contribution in [2.24, 2.45) is 0 Å². The van der Waals surface area contributed by atoms with E-state index in [0.29, 0.717) is 43.4 Å². The van der Waals surface area contributed by atoms with Crippen LogP contribution < -0.4 is 4.90 Å². The Hall–Kier alpha value is -3.16. The number of benzene rings is 2. The molecule has 32 heavy (non-hydrogen) atoms. The van der Waals surface area contributed by atoms with Crippen LogP contribution in [0.3, 0.4) is 0 Å². The monoisotopic (exact) mass is 450 g/mol. The van der Waals surface area contributed by atoms with E-state index in [1.165, 1.54) is 0 Å². The maximum absolute atomic E-state index is 12.8. The van der Waals surface area contributed by atoms with Gasteiger partial charge < -0.3 is 14.1 Å². The minimum Gasteiger partial charge on any atom is -0.465 e. The smallest absolute Gasteiger partial charge is 0.328 e. The summed E-state index contributed by atoms with van der Waals surface area (Å²) < 4.78 is 11.5. The summed E-state index contributed by atoms with van der Waals surface area (Å²) in [6, 6.07) is 14.8. The number of carbonyl (C=O) groups excluding carboxylic acids is 1. The van der Waals surface area contributed by atoms with Gasteiger partial charge >= 0.3 is 5.97 Å². The second kappa shape index (κ2) is 8.76. The highest BCUT2D eigenvalue weighted by atomic mass is 35.5. The van der Waals surface area contributed by atoms with Crippen LogP contribution in [0.25, 0.3) is 22.1 Å². The van der Waals surface area contributed by atoms with Gasteiger partial charge in [-0.2, -0.15) is 0 Å². The molecule has 2 aromatic heterocycles. The van der Waals surface area contributed by atoms with Gasteiger partial charge in [-0.3, -0.25) is 4.90 Å². The fourth-order valence-electron chi connectivity index (χ4n) is 4.29. The highest BCUT2D eigenvalue weighted by molar-refractivity contribution is 6.30. The summed E-state index contributed by atoms with van der Waals surface area (Å²) in [6.07, 6.45) is 1.58. The summed E-state index contributed by atoms with van der Waals surface area (Å²) in [7, 11) is 0. The zero-order valence-electron chi connectivity index (χ0n) is 17.7. The molecular weight excluding hydrogens is 428 g/mol. The lowest BCUT2D eigenvalue weighted by Gasteiger charge is -2.38. The minimum absolute atomic E-state index is 0.245. The van der Waals surface area contributed by atoms with Crippen molar-refractivity contribution in [3.63, 3.8) is 0 Å². The van der Waals surface area contributed by atoms with Crippen LogP contribution in [0.4, 0.5) is 5.82 Å². The molecule has 2 aromatic carbocycles. The molecule has 0 spiro atoms. The van der Waals surface area contributed by atoms with Crippen molar-refractivity contribution in [1.29, 1.82) is 0 Å². The van der Waals surface area contributed by atoms with E-state index in [0.717, 1.165) is 27.9 Å². The zero-order valence-corrected chi connectivity index (χ0v) is 18.5. The second-order valence-corrected chi connectivity index (χ2v) is 8.14. The lowest BCUT2D eigenvalue weighted by Crippen LogP contribution is -2.49. The van der Waals surface area contributed by atoms with Crippen molar-refractivity contribution in [2.45, 2.75) is 13.0 Å². The van der Waals surface area contributed by atoms with Gasteiger partial charge in [-0.15, -0.1) is 0 Å². The summed E-state index contributed by atoms with van der Waals surface area (Å²) in [5.41, 5.74) is 3.19. The molecule has 0 aliphatic carbocycles. The van der Waals surface area contributed by atoms with E-state index in [4.69, 9.17) is 20.8 Å². The van der Waals surface area contributed by atoms with Crippen LogP contribution in [-0.4, -0.2) is 53.6 Å². The van der Waals surface area contributed by atoms with Crippen molar-refractivity contribution in [3.05, 3.63) is 65.4 Å². The van der Waals surface area contributed by atoms with Crippen molar-refractivity contribution >= 4 is 45.5 Å². The summed E-state index contributed by atoms with van der Waals surface area (Å²) in [6.45, 7) is 4.92. The number of furan rings is 1. The van der Waals surface area contributed by atoms with Gasteiger partial charge in [0.2, 0.25) is 0 Å². The largest absolute Gasteiger partial charge is 0.465 e. The second-order valence-electron chi connectivity index (χ2n) is 7.70. The van der Waals surface area contributed by atoms with Crippen molar-refractivity contribution in [3.8, 4) is 0 Å². The minimum atomic E-state index is -0.467. The lowest BCUT2D eigenvalue weighted by molar-refractivity contribution is -0.150. The summed E-state index contributed by atoms with van der Waals surface area (Å²) in [4.78, 5) is 26.1. The Bertz CT molecular complexity index is 1250. The summed E-state index contributed by atoms with van der Waals surface area (Å²) in [5.74, 6) is 0.537. The Morgan fingerprint density at radius 2 is 1.84 bits per heavy atom. The van der Waals surface area contributed by atoms with E-state index in [-0.39, 0.29) is 5.97 Å². The molecule has 1 aliphatic rings. The highest BCUT2D eigenvalue weighted by Crippen LogP contribution is 2.33. The van der Waals surface area contributed by atoms with Crippen LogP contribution in [0.2, 0.25) is 5.02 Å². The van der Waals surface area contributed by atoms with E-state index in [1.807, 2.05) is 43.3 Å². The predicted molar refractivity (Wildman–Crippen MR) is 124 cm³/mol. The van der Waals surface area contributed by atoms with Crippen molar-refractivity contribution in [2.75, 3.05) is 37.7 Å². The number of hydrogen-bond acceptors (Lipinski definition) is 7. The molecule has 7 nitrogen and oxygen atoms in total. The number of rotatable bonds is 5. The molecule has 1 saturated heterocycles. The average molecular weight is 451 g/mol. The Morgan fingerprint density at radius 1 is 1.09 bits per heavy atom. The molecule has 3 heterocycles.